The van der Waals surface area contributed by atoms with Crippen molar-refractivity contribution in [1.29, 1.82) is 0 Å². The Morgan fingerprint density at radius 1 is 1.48 bits per heavy atom. The first-order chi connectivity index (χ1) is 9.95. The van der Waals surface area contributed by atoms with Gasteiger partial charge in [0.1, 0.15) is 5.56 Å². The van der Waals surface area contributed by atoms with Crippen LogP contribution < -0.4 is 4.72 Å². The number of anilines is 1. The summed E-state index contributed by atoms with van der Waals surface area (Å²) in [6, 6.07) is 0. The molecule has 21 heavy (non-hydrogen) atoms. The molecule has 0 bridgehead atoms. The monoisotopic (exact) mass is 317 g/mol. The Bertz CT molecular complexity index is 604. The van der Waals surface area contributed by atoms with Crippen LogP contribution >= 0.6 is 0 Å². The summed E-state index contributed by atoms with van der Waals surface area (Å²) < 4.78 is 38.4. The van der Waals surface area contributed by atoms with Crippen LogP contribution in [0.1, 0.15) is 23.0 Å². The van der Waals surface area contributed by atoms with Gasteiger partial charge in [-0.05, 0) is 13.8 Å². The zero-order valence-electron chi connectivity index (χ0n) is 12.0. The number of carbonyl (C=O) groups excluding carboxylic acids is 1. The van der Waals surface area contributed by atoms with Gasteiger partial charge >= 0.3 is 16.2 Å². The molecule has 0 aromatic carbocycles. The van der Waals surface area contributed by atoms with Gasteiger partial charge in [0.2, 0.25) is 0 Å². The third-order valence-corrected chi connectivity index (χ3v) is 4.63. The SMILES string of the molecule is CCOC(=O)c1c(NS(=O)(=O)N2CCOCC2)c[nH]c1C. The number of carbonyl (C=O) groups is 1. The smallest absolute Gasteiger partial charge is 0.342 e. The molecule has 1 aliphatic heterocycles. The van der Waals surface area contributed by atoms with Gasteiger partial charge in [-0.3, -0.25) is 4.72 Å². The molecule has 1 aromatic rings. The molecule has 0 amide bonds. The highest BCUT2D eigenvalue weighted by molar-refractivity contribution is 7.90. The second-order valence-electron chi connectivity index (χ2n) is 4.54. The number of aromatic amines is 1. The van der Waals surface area contributed by atoms with Crippen molar-refractivity contribution in [2.75, 3.05) is 37.6 Å². The van der Waals surface area contributed by atoms with Crippen LogP contribution in [0, 0.1) is 6.92 Å². The van der Waals surface area contributed by atoms with Crippen LogP contribution in [0.2, 0.25) is 0 Å². The third-order valence-electron chi connectivity index (χ3n) is 3.11. The number of nitrogens with one attached hydrogen (secondary N) is 2. The molecule has 0 unspecified atom stereocenters. The zero-order valence-corrected chi connectivity index (χ0v) is 12.8. The Morgan fingerprint density at radius 3 is 2.76 bits per heavy atom. The van der Waals surface area contributed by atoms with Crippen LogP contribution in [0.4, 0.5) is 5.69 Å². The highest BCUT2D eigenvalue weighted by Crippen LogP contribution is 2.22. The standard InChI is InChI=1S/C12H19N3O5S/c1-3-20-12(16)11-9(2)13-8-10(11)14-21(17,18)15-4-6-19-7-5-15/h8,13-14H,3-7H2,1-2H3. The topological polar surface area (TPSA) is 101 Å². The maximum Gasteiger partial charge on any atom is 0.342 e. The van der Waals surface area contributed by atoms with Crippen LogP contribution in [0.25, 0.3) is 0 Å². The summed E-state index contributed by atoms with van der Waals surface area (Å²) in [6.45, 7) is 4.88. The molecule has 9 heteroatoms. The van der Waals surface area contributed by atoms with E-state index in [0.29, 0.717) is 18.9 Å². The molecular weight excluding hydrogens is 298 g/mol. The summed E-state index contributed by atoms with van der Waals surface area (Å²) in [5.41, 5.74) is 0.944. The summed E-state index contributed by atoms with van der Waals surface area (Å²) >= 11 is 0. The maximum absolute atomic E-state index is 12.3. The van der Waals surface area contributed by atoms with Gasteiger partial charge in [0.25, 0.3) is 0 Å². The van der Waals surface area contributed by atoms with E-state index in [1.807, 2.05) is 0 Å². The Morgan fingerprint density at radius 2 is 2.14 bits per heavy atom. The minimum absolute atomic E-state index is 0.192. The summed E-state index contributed by atoms with van der Waals surface area (Å²) in [6.07, 6.45) is 1.44. The van der Waals surface area contributed by atoms with E-state index >= 15 is 0 Å². The molecule has 1 fully saturated rings. The number of rotatable bonds is 5. The van der Waals surface area contributed by atoms with Gasteiger partial charge in [0.05, 0.1) is 25.5 Å². The second-order valence-corrected chi connectivity index (χ2v) is 6.21. The van der Waals surface area contributed by atoms with Crippen molar-refractivity contribution in [2.24, 2.45) is 0 Å². The van der Waals surface area contributed by atoms with Crippen LogP contribution in [0.5, 0.6) is 0 Å². The first-order valence-corrected chi connectivity index (χ1v) is 8.10. The number of morpholine rings is 1. The number of esters is 1. The molecule has 0 radical (unpaired) electrons. The maximum atomic E-state index is 12.3. The summed E-state index contributed by atoms with van der Waals surface area (Å²) in [5, 5.41) is 0. The van der Waals surface area contributed by atoms with E-state index in [9.17, 15) is 13.2 Å². The molecule has 1 aliphatic rings. The van der Waals surface area contributed by atoms with Crippen molar-refractivity contribution < 1.29 is 22.7 Å². The quantitative estimate of drug-likeness (QED) is 0.770. The van der Waals surface area contributed by atoms with Crippen molar-refractivity contribution in [1.82, 2.24) is 9.29 Å². The van der Waals surface area contributed by atoms with E-state index in [4.69, 9.17) is 9.47 Å². The van der Waals surface area contributed by atoms with Crippen molar-refractivity contribution >= 4 is 21.9 Å². The third kappa shape index (κ3) is 3.55. The number of hydrogen-bond donors (Lipinski definition) is 2. The number of aryl methyl sites for hydroxylation is 1. The predicted octanol–water partition coefficient (Wildman–Crippen LogP) is 0.489. The van der Waals surface area contributed by atoms with Crippen LogP contribution in [0.3, 0.4) is 0 Å². The van der Waals surface area contributed by atoms with Crippen molar-refractivity contribution in [3.63, 3.8) is 0 Å². The molecule has 1 aromatic heterocycles. The van der Waals surface area contributed by atoms with Crippen molar-refractivity contribution in [2.45, 2.75) is 13.8 Å². The van der Waals surface area contributed by atoms with E-state index in [-0.39, 0.29) is 30.9 Å². The molecular formula is C12H19N3O5S. The highest BCUT2D eigenvalue weighted by atomic mass is 32.2. The lowest BCUT2D eigenvalue weighted by Gasteiger charge is -2.26. The number of H-pyrrole nitrogens is 1. The Hall–Kier alpha value is -1.58. The van der Waals surface area contributed by atoms with Gasteiger partial charge in [-0.25, -0.2) is 4.79 Å². The Labute approximate surface area is 123 Å². The average molecular weight is 317 g/mol. The zero-order chi connectivity index (χ0) is 15.5. The average Bonchev–Trinajstić information content (AvgIpc) is 2.80. The van der Waals surface area contributed by atoms with E-state index in [1.165, 1.54) is 10.5 Å². The van der Waals surface area contributed by atoms with Gasteiger partial charge in [-0.2, -0.15) is 12.7 Å². The van der Waals surface area contributed by atoms with Crippen LogP contribution in [-0.4, -0.2) is 56.6 Å². The summed E-state index contributed by atoms with van der Waals surface area (Å²) in [5.74, 6) is -0.559. The highest BCUT2D eigenvalue weighted by Gasteiger charge is 2.27. The molecule has 8 nitrogen and oxygen atoms in total. The van der Waals surface area contributed by atoms with Gasteiger partial charge in [-0.1, -0.05) is 0 Å². The first-order valence-electron chi connectivity index (χ1n) is 6.66. The van der Waals surface area contributed by atoms with Crippen molar-refractivity contribution in [3.8, 4) is 0 Å². The molecule has 118 valence electrons. The molecule has 2 rings (SSSR count). The number of hydrogen-bond acceptors (Lipinski definition) is 5. The van der Waals surface area contributed by atoms with E-state index in [0.717, 1.165) is 0 Å². The van der Waals surface area contributed by atoms with E-state index < -0.39 is 16.2 Å². The normalized spacial score (nSPS) is 16.7. The lowest BCUT2D eigenvalue weighted by molar-refractivity contribution is 0.0527. The van der Waals surface area contributed by atoms with E-state index in [2.05, 4.69) is 9.71 Å². The first kappa shape index (κ1) is 15.8. The fraction of sp³-hybridized carbons (Fsp3) is 0.583. The number of nitrogens with zero attached hydrogens (tertiary/aromatic N) is 1. The predicted molar refractivity (Wildman–Crippen MR) is 76.4 cm³/mol. The molecule has 2 N–H and O–H groups in total. The number of aromatic nitrogens is 1. The Balaban J connectivity index is 2.21. The molecule has 0 saturated carbocycles. The molecule has 1 saturated heterocycles. The number of ether oxygens (including phenoxy) is 2. The van der Waals surface area contributed by atoms with Crippen molar-refractivity contribution in [3.05, 3.63) is 17.5 Å². The van der Waals surface area contributed by atoms with Crippen LogP contribution in [-0.2, 0) is 19.7 Å². The van der Waals surface area contributed by atoms with Gasteiger partial charge < -0.3 is 14.5 Å². The molecule has 0 atom stereocenters. The molecule has 0 spiro atoms. The largest absolute Gasteiger partial charge is 0.462 e. The van der Waals surface area contributed by atoms with Gasteiger partial charge in [0, 0.05) is 25.0 Å². The second kappa shape index (κ2) is 6.46. The summed E-state index contributed by atoms with van der Waals surface area (Å²) in [4.78, 5) is 14.7. The minimum Gasteiger partial charge on any atom is -0.462 e. The van der Waals surface area contributed by atoms with Crippen LogP contribution in [0.15, 0.2) is 6.20 Å². The van der Waals surface area contributed by atoms with E-state index in [1.54, 1.807) is 13.8 Å². The fourth-order valence-electron chi connectivity index (χ4n) is 2.06. The lowest BCUT2D eigenvalue weighted by atomic mass is 10.2. The van der Waals surface area contributed by atoms with Gasteiger partial charge in [0.15, 0.2) is 0 Å². The summed E-state index contributed by atoms with van der Waals surface area (Å²) in [7, 11) is -3.72. The molecule has 0 aliphatic carbocycles. The lowest BCUT2D eigenvalue weighted by Crippen LogP contribution is -2.43. The fourth-order valence-corrected chi connectivity index (χ4v) is 3.26. The Kier molecular flexibility index (Phi) is 4.86. The molecule has 2 heterocycles. The minimum atomic E-state index is -3.72. The van der Waals surface area contributed by atoms with Gasteiger partial charge in [-0.15, -0.1) is 0 Å².